The molecule has 116 valence electrons. The van der Waals surface area contributed by atoms with Crippen LogP contribution in [0.1, 0.15) is 25.6 Å². The average Bonchev–Trinajstić information content (AvgIpc) is 2.70. The Balaban J connectivity index is 2.19. The molecular weight excluding hydrogens is 270 g/mol. The van der Waals surface area contributed by atoms with E-state index >= 15 is 0 Å². The number of hydrogen-bond acceptors (Lipinski definition) is 6. The normalized spacial score (nSPS) is 15.5. The zero-order chi connectivity index (χ0) is 15.1. The lowest BCUT2D eigenvalue weighted by Gasteiger charge is -2.21. The van der Waals surface area contributed by atoms with E-state index < -0.39 is 0 Å². The fraction of sp³-hybridized carbons (Fsp3) is 0.643. The quantitative estimate of drug-likeness (QED) is 0.806. The number of carbonyl (C=O) groups excluding carboxylic acids is 1. The van der Waals surface area contributed by atoms with E-state index in [0.717, 1.165) is 31.1 Å². The van der Waals surface area contributed by atoms with E-state index in [-0.39, 0.29) is 5.91 Å². The second-order valence-electron chi connectivity index (χ2n) is 4.97. The highest BCUT2D eigenvalue weighted by Crippen LogP contribution is 2.17. The number of hydrogen-bond donors (Lipinski definition) is 2. The molecule has 0 saturated carbocycles. The van der Waals surface area contributed by atoms with Crippen molar-refractivity contribution in [1.82, 2.24) is 15.3 Å². The predicted octanol–water partition coefficient (Wildman–Crippen LogP) is 0.771. The van der Waals surface area contributed by atoms with Gasteiger partial charge < -0.3 is 20.3 Å². The highest BCUT2D eigenvalue weighted by atomic mass is 16.5. The van der Waals surface area contributed by atoms with Gasteiger partial charge in [0.2, 0.25) is 5.91 Å². The molecule has 1 aliphatic rings. The molecule has 1 saturated heterocycles. The van der Waals surface area contributed by atoms with Gasteiger partial charge in [-0.1, -0.05) is 6.92 Å². The van der Waals surface area contributed by atoms with Gasteiger partial charge in [0, 0.05) is 45.8 Å². The Bertz CT molecular complexity index is 480. The summed E-state index contributed by atoms with van der Waals surface area (Å²) >= 11 is 0. The van der Waals surface area contributed by atoms with Gasteiger partial charge in [-0.15, -0.1) is 0 Å². The molecule has 0 atom stereocenters. The molecule has 21 heavy (non-hydrogen) atoms. The number of rotatable bonds is 6. The van der Waals surface area contributed by atoms with Crippen LogP contribution in [0.15, 0.2) is 6.07 Å². The van der Waals surface area contributed by atoms with Gasteiger partial charge in [0.1, 0.15) is 18.2 Å². The molecule has 2 rings (SSSR count). The van der Waals surface area contributed by atoms with Crippen molar-refractivity contribution in [3.8, 4) is 0 Å². The summed E-state index contributed by atoms with van der Waals surface area (Å²) in [4.78, 5) is 22.5. The van der Waals surface area contributed by atoms with Crippen LogP contribution in [0.2, 0.25) is 0 Å². The van der Waals surface area contributed by atoms with E-state index in [2.05, 4.69) is 32.4 Å². The standard InChI is InChI=1S/C14H23N5O2/c1-3-5-15-11-9-13(18-12(17-11)10-21-2)19-7-4-14(20)16-6-8-19/h9H,3-8,10H2,1-2H3,(H,16,20)(H,15,17,18). The van der Waals surface area contributed by atoms with Gasteiger partial charge in [-0.3, -0.25) is 4.79 Å². The number of aromatic nitrogens is 2. The maximum Gasteiger partial charge on any atom is 0.221 e. The van der Waals surface area contributed by atoms with Crippen LogP contribution in [0.3, 0.4) is 0 Å². The van der Waals surface area contributed by atoms with Crippen LogP contribution in [0, 0.1) is 0 Å². The van der Waals surface area contributed by atoms with Crippen molar-refractivity contribution in [3.05, 3.63) is 11.9 Å². The van der Waals surface area contributed by atoms with Gasteiger partial charge >= 0.3 is 0 Å². The fourth-order valence-corrected chi connectivity index (χ4v) is 2.18. The number of anilines is 2. The molecule has 1 aromatic heterocycles. The second kappa shape index (κ2) is 7.78. The smallest absolute Gasteiger partial charge is 0.221 e. The van der Waals surface area contributed by atoms with E-state index in [1.54, 1.807) is 7.11 Å². The average molecular weight is 293 g/mol. The highest BCUT2D eigenvalue weighted by Gasteiger charge is 2.16. The van der Waals surface area contributed by atoms with Crippen LogP contribution in [0.4, 0.5) is 11.6 Å². The Morgan fingerprint density at radius 2 is 2.29 bits per heavy atom. The summed E-state index contributed by atoms with van der Waals surface area (Å²) in [6.45, 7) is 5.41. The van der Waals surface area contributed by atoms with Crippen LogP contribution >= 0.6 is 0 Å². The first-order valence-electron chi connectivity index (χ1n) is 7.35. The third-order valence-electron chi connectivity index (χ3n) is 3.23. The Labute approximate surface area is 125 Å². The Kier molecular flexibility index (Phi) is 5.74. The number of nitrogens with zero attached hydrogens (tertiary/aromatic N) is 3. The fourth-order valence-electron chi connectivity index (χ4n) is 2.18. The molecule has 1 aromatic rings. The summed E-state index contributed by atoms with van der Waals surface area (Å²) in [5.74, 6) is 2.38. The Morgan fingerprint density at radius 1 is 1.43 bits per heavy atom. The highest BCUT2D eigenvalue weighted by molar-refractivity contribution is 5.77. The minimum Gasteiger partial charge on any atom is -0.377 e. The number of nitrogens with one attached hydrogen (secondary N) is 2. The zero-order valence-electron chi connectivity index (χ0n) is 12.7. The van der Waals surface area contributed by atoms with Crippen LogP contribution in [0.25, 0.3) is 0 Å². The van der Waals surface area contributed by atoms with E-state index in [4.69, 9.17) is 4.74 Å². The van der Waals surface area contributed by atoms with Crippen molar-refractivity contribution in [2.24, 2.45) is 0 Å². The van der Waals surface area contributed by atoms with E-state index in [1.807, 2.05) is 6.07 Å². The van der Waals surface area contributed by atoms with Crippen molar-refractivity contribution in [2.45, 2.75) is 26.4 Å². The van der Waals surface area contributed by atoms with Crippen molar-refractivity contribution in [2.75, 3.05) is 43.5 Å². The third-order valence-corrected chi connectivity index (χ3v) is 3.23. The van der Waals surface area contributed by atoms with Gasteiger partial charge in [0.25, 0.3) is 0 Å². The lowest BCUT2D eigenvalue weighted by atomic mass is 10.3. The first-order chi connectivity index (χ1) is 10.2. The largest absolute Gasteiger partial charge is 0.377 e. The topological polar surface area (TPSA) is 79.4 Å². The van der Waals surface area contributed by atoms with E-state index in [0.29, 0.717) is 31.9 Å². The first-order valence-corrected chi connectivity index (χ1v) is 7.35. The van der Waals surface area contributed by atoms with Gasteiger partial charge in [-0.05, 0) is 6.42 Å². The Morgan fingerprint density at radius 3 is 3.05 bits per heavy atom. The molecule has 0 bridgehead atoms. The van der Waals surface area contributed by atoms with Gasteiger partial charge in [-0.25, -0.2) is 9.97 Å². The molecule has 0 aromatic carbocycles. The Hall–Kier alpha value is -1.89. The van der Waals surface area contributed by atoms with Crippen LogP contribution in [-0.4, -0.2) is 49.2 Å². The molecule has 0 unspecified atom stereocenters. The summed E-state index contributed by atoms with van der Waals surface area (Å²) in [5.41, 5.74) is 0. The summed E-state index contributed by atoms with van der Waals surface area (Å²) in [6, 6.07) is 1.94. The summed E-state index contributed by atoms with van der Waals surface area (Å²) in [7, 11) is 1.63. The van der Waals surface area contributed by atoms with Crippen molar-refractivity contribution < 1.29 is 9.53 Å². The van der Waals surface area contributed by atoms with E-state index in [1.165, 1.54) is 0 Å². The molecule has 2 heterocycles. The van der Waals surface area contributed by atoms with Crippen molar-refractivity contribution in [3.63, 3.8) is 0 Å². The minimum absolute atomic E-state index is 0.0907. The molecular formula is C14H23N5O2. The monoisotopic (exact) mass is 293 g/mol. The predicted molar refractivity (Wildman–Crippen MR) is 81.4 cm³/mol. The lowest BCUT2D eigenvalue weighted by molar-refractivity contribution is -0.120. The maximum atomic E-state index is 11.4. The number of carbonyl (C=O) groups is 1. The number of ether oxygens (including phenoxy) is 1. The zero-order valence-corrected chi connectivity index (χ0v) is 12.7. The van der Waals surface area contributed by atoms with Gasteiger partial charge in [-0.2, -0.15) is 0 Å². The van der Waals surface area contributed by atoms with Crippen molar-refractivity contribution >= 4 is 17.5 Å². The number of amides is 1. The summed E-state index contributed by atoms with van der Waals surface area (Å²) < 4.78 is 5.13. The SMILES string of the molecule is CCCNc1cc(N2CCNC(=O)CC2)nc(COC)n1. The molecule has 1 aliphatic heterocycles. The molecule has 1 amide bonds. The number of methoxy groups -OCH3 is 1. The summed E-state index contributed by atoms with van der Waals surface area (Å²) in [5, 5.41) is 6.15. The lowest BCUT2D eigenvalue weighted by Crippen LogP contribution is -2.29. The molecule has 0 aliphatic carbocycles. The molecule has 0 spiro atoms. The second-order valence-corrected chi connectivity index (χ2v) is 4.97. The molecule has 7 heteroatoms. The van der Waals surface area contributed by atoms with Crippen LogP contribution in [0.5, 0.6) is 0 Å². The molecule has 0 radical (unpaired) electrons. The van der Waals surface area contributed by atoms with Crippen LogP contribution < -0.4 is 15.5 Å². The van der Waals surface area contributed by atoms with Gasteiger partial charge in [0.05, 0.1) is 0 Å². The third kappa shape index (κ3) is 4.56. The first kappa shape index (κ1) is 15.5. The summed E-state index contributed by atoms with van der Waals surface area (Å²) in [6.07, 6.45) is 1.52. The van der Waals surface area contributed by atoms with Gasteiger partial charge in [0.15, 0.2) is 5.82 Å². The molecule has 1 fully saturated rings. The molecule has 7 nitrogen and oxygen atoms in total. The maximum absolute atomic E-state index is 11.4. The van der Waals surface area contributed by atoms with E-state index in [9.17, 15) is 4.79 Å². The van der Waals surface area contributed by atoms with Crippen molar-refractivity contribution in [1.29, 1.82) is 0 Å². The minimum atomic E-state index is 0.0907. The molecule has 2 N–H and O–H groups in total. The van der Waals surface area contributed by atoms with Crippen LogP contribution in [-0.2, 0) is 16.1 Å².